The van der Waals surface area contributed by atoms with Crippen molar-refractivity contribution >= 4 is 56.0 Å². The van der Waals surface area contributed by atoms with Crippen LogP contribution in [-0.4, -0.2) is 23.3 Å². The lowest BCUT2D eigenvalue weighted by atomic mass is 10.1. The number of carbonyl (C=O) groups is 2. The normalized spacial score (nSPS) is 18.7. The zero-order valence-electron chi connectivity index (χ0n) is 10.7. The number of anilines is 1. The van der Waals surface area contributed by atoms with Crippen molar-refractivity contribution in [2.75, 3.05) is 17.2 Å². The van der Waals surface area contributed by atoms with Crippen LogP contribution in [0.5, 0.6) is 0 Å². The first-order chi connectivity index (χ1) is 9.38. The summed E-state index contributed by atoms with van der Waals surface area (Å²) in [5.41, 5.74) is 0.217. The lowest BCUT2D eigenvalue weighted by Crippen LogP contribution is -2.26. The first-order valence-electron chi connectivity index (χ1n) is 5.96. The molecule has 1 atom stereocenters. The standard InChI is InChI=1S/C13H12BrClFNO2S/c1-7(18)20-6-8-2-12(19)17(5-8)13-10(14)3-9(15)4-11(13)16/h3-4,8H,2,5-6H2,1H3. The van der Waals surface area contributed by atoms with E-state index in [1.807, 2.05) is 0 Å². The van der Waals surface area contributed by atoms with Gasteiger partial charge < -0.3 is 4.90 Å². The molecule has 1 amide bonds. The lowest BCUT2D eigenvalue weighted by Gasteiger charge is -2.19. The van der Waals surface area contributed by atoms with E-state index < -0.39 is 5.82 Å². The molecular formula is C13H12BrClFNO2S. The molecule has 1 fully saturated rings. The van der Waals surface area contributed by atoms with Gasteiger partial charge in [-0.15, -0.1) is 0 Å². The van der Waals surface area contributed by atoms with Crippen LogP contribution < -0.4 is 4.90 Å². The highest BCUT2D eigenvalue weighted by Gasteiger charge is 2.33. The highest BCUT2D eigenvalue weighted by atomic mass is 79.9. The summed E-state index contributed by atoms with van der Waals surface area (Å²) >= 11 is 10.2. The van der Waals surface area contributed by atoms with Gasteiger partial charge in [-0.25, -0.2) is 4.39 Å². The van der Waals surface area contributed by atoms with E-state index >= 15 is 0 Å². The Bertz CT molecular complexity index is 546. The van der Waals surface area contributed by atoms with Crippen molar-refractivity contribution in [3.05, 3.63) is 27.4 Å². The summed E-state index contributed by atoms with van der Waals surface area (Å²) in [6.07, 6.45) is 0.328. The molecule has 0 radical (unpaired) electrons. The van der Waals surface area contributed by atoms with Crippen molar-refractivity contribution in [3.8, 4) is 0 Å². The van der Waals surface area contributed by atoms with E-state index in [2.05, 4.69) is 15.9 Å². The number of rotatable bonds is 3. The molecule has 0 N–H and O–H groups in total. The van der Waals surface area contributed by atoms with Crippen molar-refractivity contribution in [1.29, 1.82) is 0 Å². The molecule has 1 heterocycles. The van der Waals surface area contributed by atoms with E-state index in [-0.39, 0.29) is 27.7 Å². The summed E-state index contributed by atoms with van der Waals surface area (Å²) in [5.74, 6) is -0.0400. The summed E-state index contributed by atoms with van der Waals surface area (Å²) in [5, 5.41) is 0.295. The smallest absolute Gasteiger partial charge is 0.227 e. The van der Waals surface area contributed by atoms with Gasteiger partial charge in [0.15, 0.2) is 5.12 Å². The van der Waals surface area contributed by atoms with Crippen LogP contribution in [0.4, 0.5) is 10.1 Å². The van der Waals surface area contributed by atoms with Crippen LogP contribution in [0.25, 0.3) is 0 Å². The largest absolute Gasteiger partial charge is 0.308 e. The Balaban J connectivity index is 2.18. The molecular weight excluding hydrogens is 369 g/mol. The van der Waals surface area contributed by atoms with Crippen molar-refractivity contribution in [1.82, 2.24) is 0 Å². The fourth-order valence-electron chi connectivity index (χ4n) is 2.14. The van der Waals surface area contributed by atoms with Gasteiger partial charge in [-0.2, -0.15) is 0 Å². The first kappa shape index (κ1) is 15.8. The number of amides is 1. The number of hydrogen-bond donors (Lipinski definition) is 0. The topological polar surface area (TPSA) is 37.4 Å². The zero-order valence-corrected chi connectivity index (χ0v) is 13.8. The zero-order chi connectivity index (χ0) is 14.9. The number of thioether (sulfide) groups is 1. The summed E-state index contributed by atoms with van der Waals surface area (Å²) in [6, 6.07) is 2.75. The van der Waals surface area contributed by atoms with Crippen LogP contribution in [0.2, 0.25) is 5.02 Å². The third kappa shape index (κ3) is 3.54. The Hall–Kier alpha value is -0.590. The Labute approximate surface area is 134 Å². The molecule has 1 aromatic rings. The monoisotopic (exact) mass is 379 g/mol. The average molecular weight is 381 g/mol. The maximum atomic E-state index is 14.0. The molecule has 0 saturated carbocycles. The number of hydrogen-bond acceptors (Lipinski definition) is 3. The molecule has 7 heteroatoms. The van der Waals surface area contributed by atoms with Gasteiger partial charge in [0, 0.05) is 35.1 Å². The van der Waals surface area contributed by atoms with Crippen LogP contribution in [0.3, 0.4) is 0 Å². The van der Waals surface area contributed by atoms with E-state index in [0.29, 0.717) is 23.2 Å². The molecule has 1 aromatic carbocycles. The number of benzene rings is 1. The third-order valence-corrected chi connectivity index (χ3v) is 4.85. The molecule has 0 aromatic heterocycles. The Morgan fingerprint density at radius 3 is 2.90 bits per heavy atom. The van der Waals surface area contributed by atoms with E-state index in [0.717, 1.165) is 0 Å². The fraction of sp³-hybridized carbons (Fsp3) is 0.385. The number of carbonyl (C=O) groups excluding carboxylic acids is 2. The minimum atomic E-state index is -0.530. The predicted octanol–water partition coefficient (Wildman–Crippen LogP) is 3.87. The van der Waals surface area contributed by atoms with E-state index in [4.69, 9.17) is 11.6 Å². The maximum absolute atomic E-state index is 14.0. The van der Waals surface area contributed by atoms with Gasteiger partial charge in [0.1, 0.15) is 5.82 Å². The molecule has 1 aliphatic rings. The minimum Gasteiger partial charge on any atom is -0.308 e. The quantitative estimate of drug-likeness (QED) is 0.799. The van der Waals surface area contributed by atoms with Gasteiger partial charge in [0.2, 0.25) is 5.91 Å². The van der Waals surface area contributed by atoms with Crippen molar-refractivity contribution < 1.29 is 14.0 Å². The first-order valence-corrected chi connectivity index (χ1v) is 8.12. The second-order valence-corrected chi connectivity index (χ2v) is 7.08. The second-order valence-electron chi connectivity index (χ2n) is 4.60. The molecule has 1 unspecified atom stereocenters. The summed E-state index contributed by atoms with van der Waals surface area (Å²) in [7, 11) is 0. The third-order valence-electron chi connectivity index (χ3n) is 2.98. The van der Waals surface area contributed by atoms with Crippen LogP contribution >= 0.6 is 39.3 Å². The minimum absolute atomic E-state index is 0.0229. The highest BCUT2D eigenvalue weighted by molar-refractivity contribution is 9.10. The average Bonchev–Trinajstić information content (AvgIpc) is 2.67. The van der Waals surface area contributed by atoms with Gasteiger partial charge in [0.25, 0.3) is 0 Å². The summed E-state index contributed by atoms with van der Waals surface area (Å²) in [4.78, 5) is 24.4. The number of nitrogens with zero attached hydrogens (tertiary/aromatic N) is 1. The molecule has 2 rings (SSSR count). The van der Waals surface area contributed by atoms with E-state index in [9.17, 15) is 14.0 Å². The highest BCUT2D eigenvalue weighted by Crippen LogP contribution is 2.36. The summed E-state index contributed by atoms with van der Waals surface area (Å²) in [6.45, 7) is 1.91. The predicted molar refractivity (Wildman–Crippen MR) is 82.7 cm³/mol. The Morgan fingerprint density at radius 1 is 1.60 bits per heavy atom. The van der Waals surface area contributed by atoms with Crippen molar-refractivity contribution in [2.24, 2.45) is 5.92 Å². The summed E-state index contributed by atoms with van der Waals surface area (Å²) < 4.78 is 14.5. The molecule has 3 nitrogen and oxygen atoms in total. The van der Waals surface area contributed by atoms with Crippen LogP contribution in [0.15, 0.2) is 16.6 Å². The van der Waals surface area contributed by atoms with Gasteiger partial charge in [-0.3, -0.25) is 9.59 Å². The van der Waals surface area contributed by atoms with Crippen molar-refractivity contribution in [3.63, 3.8) is 0 Å². The number of halogens is 3. The Morgan fingerprint density at radius 2 is 2.30 bits per heavy atom. The van der Waals surface area contributed by atoms with Crippen LogP contribution in [0.1, 0.15) is 13.3 Å². The second kappa shape index (κ2) is 6.45. The SMILES string of the molecule is CC(=O)SCC1CC(=O)N(c2c(F)cc(Cl)cc2Br)C1. The molecule has 108 valence electrons. The maximum Gasteiger partial charge on any atom is 0.227 e. The molecule has 20 heavy (non-hydrogen) atoms. The van der Waals surface area contributed by atoms with Gasteiger partial charge in [0.05, 0.1) is 5.69 Å². The fourth-order valence-corrected chi connectivity index (χ4v) is 3.82. The molecule has 1 saturated heterocycles. The van der Waals surface area contributed by atoms with Gasteiger partial charge in [-0.1, -0.05) is 23.4 Å². The van der Waals surface area contributed by atoms with E-state index in [1.165, 1.54) is 29.7 Å². The van der Waals surface area contributed by atoms with Gasteiger partial charge in [-0.05, 0) is 34.0 Å². The molecule has 0 bridgehead atoms. The molecule has 1 aliphatic heterocycles. The lowest BCUT2D eigenvalue weighted by molar-refractivity contribution is -0.117. The Kier molecular flexibility index (Phi) is 5.09. The van der Waals surface area contributed by atoms with Crippen LogP contribution in [-0.2, 0) is 9.59 Å². The molecule has 0 spiro atoms. The molecule has 0 aliphatic carbocycles. The van der Waals surface area contributed by atoms with Crippen molar-refractivity contribution in [2.45, 2.75) is 13.3 Å². The van der Waals surface area contributed by atoms with Gasteiger partial charge >= 0.3 is 0 Å². The van der Waals surface area contributed by atoms with E-state index in [1.54, 1.807) is 6.07 Å². The van der Waals surface area contributed by atoms with Crippen LogP contribution in [0, 0.1) is 11.7 Å².